The number of anilines is 1. The Morgan fingerprint density at radius 3 is 3.00 bits per heavy atom. The maximum Gasteiger partial charge on any atom is 0.192 e. The molecule has 0 bridgehead atoms. The molecule has 1 aromatic heterocycles. The zero-order valence-corrected chi connectivity index (χ0v) is 6.55. The highest BCUT2D eigenvalue weighted by Crippen LogP contribution is 2.26. The molecule has 2 rings (SSSR count). The Bertz CT molecular complexity index is 201. The van der Waals surface area contributed by atoms with Crippen LogP contribution in [0.5, 0.6) is 0 Å². The van der Waals surface area contributed by atoms with Crippen LogP contribution in [0.2, 0.25) is 0 Å². The summed E-state index contributed by atoms with van der Waals surface area (Å²) >= 11 is 0. The molecule has 1 heterocycles. The molecule has 60 valence electrons. The second-order valence-electron chi connectivity index (χ2n) is 3.16. The highest BCUT2D eigenvalue weighted by Gasteiger charge is 2.16. The van der Waals surface area contributed by atoms with Gasteiger partial charge in [0, 0.05) is 12.6 Å². The first-order chi connectivity index (χ1) is 5.45. The molecule has 1 aromatic rings. The van der Waals surface area contributed by atoms with Gasteiger partial charge in [-0.3, -0.25) is 0 Å². The fourth-order valence-corrected chi connectivity index (χ4v) is 1.32. The summed E-state index contributed by atoms with van der Waals surface area (Å²) in [6, 6.07) is 3.86. The molecule has 2 heteroatoms. The number of hydrogen-bond acceptors (Lipinski definition) is 2. The van der Waals surface area contributed by atoms with Crippen LogP contribution in [0.15, 0.2) is 22.8 Å². The lowest BCUT2D eigenvalue weighted by atomic mass is 9.85. The van der Waals surface area contributed by atoms with Crippen molar-refractivity contribution >= 4 is 5.88 Å². The minimum atomic E-state index is 0.889. The van der Waals surface area contributed by atoms with E-state index in [4.69, 9.17) is 4.42 Å². The monoisotopic (exact) mass is 151 g/mol. The molecule has 0 saturated heterocycles. The summed E-state index contributed by atoms with van der Waals surface area (Å²) in [4.78, 5) is 0. The van der Waals surface area contributed by atoms with Gasteiger partial charge >= 0.3 is 0 Å². The van der Waals surface area contributed by atoms with Gasteiger partial charge in [-0.05, 0) is 24.8 Å². The van der Waals surface area contributed by atoms with Crippen LogP contribution < -0.4 is 5.32 Å². The molecule has 0 atom stereocenters. The molecular weight excluding hydrogens is 138 g/mol. The summed E-state index contributed by atoms with van der Waals surface area (Å²) in [7, 11) is 0. The quantitative estimate of drug-likeness (QED) is 0.718. The molecule has 0 amide bonds. The smallest absolute Gasteiger partial charge is 0.192 e. The first kappa shape index (κ1) is 6.77. The van der Waals surface area contributed by atoms with Gasteiger partial charge in [0.1, 0.15) is 0 Å². The van der Waals surface area contributed by atoms with Crippen LogP contribution in [0.4, 0.5) is 5.88 Å². The fourth-order valence-electron chi connectivity index (χ4n) is 1.32. The number of furan rings is 1. The molecule has 0 unspecified atom stereocenters. The molecule has 1 saturated carbocycles. The van der Waals surface area contributed by atoms with Gasteiger partial charge in [-0.1, -0.05) is 6.42 Å². The molecule has 2 nitrogen and oxygen atoms in total. The molecule has 1 fully saturated rings. The number of hydrogen-bond donors (Lipinski definition) is 1. The summed E-state index contributed by atoms with van der Waals surface area (Å²) in [6.45, 7) is 1.08. The van der Waals surface area contributed by atoms with E-state index in [1.165, 1.54) is 19.3 Å². The molecule has 1 aliphatic carbocycles. The van der Waals surface area contributed by atoms with Crippen LogP contribution in [0.25, 0.3) is 0 Å². The van der Waals surface area contributed by atoms with Crippen molar-refractivity contribution in [3.8, 4) is 0 Å². The Morgan fingerprint density at radius 1 is 1.55 bits per heavy atom. The Hall–Kier alpha value is -0.920. The van der Waals surface area contributed by atoms with Crippen molar-refractivity contribution < 1.29 is 4.42 Å². The Labute approximate surface area is 66.6 Å². The van der Waals surface area contributed by atoms with E-state index in [-0.39, 0.29) is 0 Å². The van der Waals surface area contributed by atoms with Gasteiger partial charge in [0.05, 0.1) is 6.26 Å². The average Bonchev–Trinajstić information content (AvgIpc) is 2.36. The van der Waals surface area contributed by atoms with Crippen molar-refractivity contribution in [1.82, 2.24) is 0 Å². The predicted octanol–water partition coefficient (Wildman–Crippen LogP) is 2.49. The summed E-state index contributed by atoms with van der Waals surface area (Å²) in [5.74, 6) is 1.79. The van der Waals surface area contributed by atoms with E-state index in [0.29, 0.717) is 0 Å². The van der Waals surface area contributed by atoms with Crippen LogP contribution in [0.3, 0.4) is 0 Å². The normalized spacial score (nSPS) is 17.8. The number of rotatable bonds is 3. The lowest BCUT2D eigenvalue weighted by Gasteiger charge is -2.25. The van der Waals surface area contributed by atoms with Crippen molar-refractivity contribution in [3.05, 3.63) is 18.4 Å². The van der Waals surface area contributed by atoms with Gasteiger partial charge < -0.3 is 9.73 Å². The molecule has 1 N–H and O–H groups in total. The molecule has 0 radical (unpaired) electrons. The topological polar surface area (TPSA) is 25.2 Å². The lowest BCUT2D eigenvalue weighted by molar-refractivity contribution is 0.331. The van der Waals surface area contributed by atoms with E-state index < -0.39 is 0 Å². The molecule has 0 aliphatic heterocycles. The van der Waals surface area contributed by atoms with Gasteiger partial charge in [0.15, 0.2) is 5.88 Å². The molecular formula is C9H13NO. The second kappa shape index (κ2) is 2.99. The summed E-state index contributed by atoms with van der Waals surface area (Å²) < 4.78 is 5.14. The zero-order chi connectivity index (χ0) is 7.52. The molecule has 1 aliphatic rings. The van der Waals surface area contributed by atoms with Crippen molar-refractivity contribution in [3.63, 3.8) is 0 Å². The SMILES string of the molecule is c1coc(NCC2CCC2)c1. The van der Waals surface area contributed by atoms with Crippen molar-refractivity contribution in [2.24, 2.45) is 5.92 Å². The summed E-state index contributed by atoms with van der Waals surface area (Å²) in [6.07, 6.45) is 5.87. The van der Waals surface area contributed by atoms with E-state index >= 15 is 0 Å². The molecule has 0 aromatic carbocycles. The zero-order valence-electron chi connectivity index (χ0n) is 6.55. The first-order valence-corrected chi connectivity index (χ1v) is 4.22. The Morgan fingerprint density at radius 2 is 2.45 bits per heavy atom. The third-order valence-electron chi connectivity index (χ3n) is 2.31. The van der Waals surface area contributed by atoms with Gasteiger partial charge in [0.25, 0.3) is 0 Å². The van der Waals surface area contributed by atoms with Crippen molar-refractivity contribution in [1.29, 1.82) is 0 Å². The Kier molecular flexibility index (Phi) is 1.84. The van der Waals surface area contributed by atoms with Crippen LogP contribution in [-0.4, -0.2) is 6.54 Å². The first-order valence-electron chi connectivity index (χ1n) is 4.22. The van der Waals surface area contributed by atoms with E-state index in [1.54, 1.807) is 6.26 Å². The van der Waals surface area contributed by atoms with E-state index in [2.05, 4.69) is 5.32 Å². The second-order valence-corrected chi connectivity index (χ2v) is 3.16. The summed E-state index contributed by atoms with van der Waals surface area (Å²) in [5, 5.41) is 3.26. The molecule has 0 spiro atoms. The van der Waals surface area contributed by atoms with E-state index in [0.717, 1.165) is 18.3 Å². The molecule has 11 heavy (non-hydrogen) atoms. The van der Waals surface area contributed by atoms with Gasteiger partial charge in [-0.15, -0.1) is 0 Å². The van der Waals surface area contributed by atoms with Crippen LogP contribution in [0.1, 0.15) is 19.3 Å². The van der Waals surface area contributed by atoms with Gasteiger partial charge in [0.2, 0.25) is 0 Å². The maximum atomic E-state index is 5.14. The van der Waals surface area contributed by atoms with Gasteiger partial charge in [-0.25, -0.2) is 0 Å². The highest BCUT2D eigenvalue weighted by atomic mass is 16.3. The van der Waals surface area contributed by atoms with Gasteiger partial charge in [-0.2, -0.15) is 0 Å². The van der Waals surface area contributed by atoms with Crippen LogP contribution in [0, 0.1) is 5.92 Å². The maximum absolute atomic E-state index is 5.14. The third-order valence-corrected chi connectivity index (χ3v) is 2.31. The van der Waals surface area contributed by atoms with Crippen LogP contribution >= 0.6 is 0 Å². The predicted molar refractivity (Wildman–Crippen MR) is 44.5 cm³/mol. The third kappa shape index (κ3) is 1.56. The minimum Gasteiger partial charge on any atom is -0.449 e. The lowest BCUT2D eigenvalue weighted by Crippen LogP contribution is -2.20. The fraction of sp³-hybridized carbons (Fsp3) is 0.556. The standard InChI is InChI=1S/C9H13NO/c1-3-8(4-1)7-10-9-5-2-6-11-9/h2,5-6,8,10H,1,3-4,7H2. The largest absolute Gasteiger partial charge is 0.449 e. The highest BCUT2D eigenvalue weighted by molar-refractivity contribution is 5.29. The minimum absolute atomic E-state index is 0.889. The van der Waals surface area contributed by atoms with Crippen LogP contribution in [-0.2, 0) is 0 Å². The Balaban J connectivity index is 1.74. The van der Waals surface area contributed by atoms with Crippen molar-refractivity contribution in [2.45, 2.75) is 19.3 Å². The van der Waals surface area contributed by atoms with E-state index in [1.807, 2.05) is 12.1 Å². The van der Waals surface area contributed by atoms with E-state index in [9.17, 15) is 0 Å². The average molecular weight is 151 g/mol. The van der Waals surface area contributed by atoms with Crippen molar-refractivity contribution in [2.75, 3.05) is 11.9 Å². The summed E-state index contributed by atoms with van der Waals surface area (Å²) in [5.41, 5.74) is 0. The number of nitrogens with one attached hydrogen (secondary N) is 1.